The summed E-state index contributed by atoms with van der Waals surface area (Å²) in [5, 5.41) is 6.69. The van der Waals surface area contributed by atoms with Gasteiger partial charge in [-0.3, -0.25) is 0 Å². The van der Waals surface area contributed by atoms with Gasteiger partial charge in [-0.05, 0) is 43.6 Å². The average molecular weight is 318 g/mol. The van der Waals surface area contributed by atoms with E-state index >= 15 is 0 Å². The first-order valence-electron chi connectivity index (χ1n) is 7.61. The predicted molar refractivity (Wildman–Crippen MR) is 91.4 cm³/mol. The van der Waals surface area contributed by atoms with Crippen LogP contribution in [0, 0.1) is 0 Å². The van der Waals surface area contributed by atoms with Crippen molar-refractivity contribution in [3.63, 3.8) is 0 Å². The molecule has 1 aromatic carbocycles. The first-order valence-corrected chi connectivity index (χ1v) is 8.01. The van der Waals surface area contributed by atoms with Crippen molar-refractivity contribution in [2.75, 3.05) is 6.61 Å². The molecule has 0 aliphatic carbocycles. The summed E-state index contributed by atoms with van der Waals surface area (Å²) >= 11 is 5.22. The highest BCUT2D eigenvalue weighted by molar-refractivity contribution is 7.80. The summed E-state index contributed by atoms with van der Waals surface area (Å²) in [7, 11) is 0. The largest absolute Gasteiger partial charge is 0.463 e. The number of thiocarbonyl (C=S) groups is 1. The summed E-state index contributed by atoms with van der Waals surface area (Å²) in [4.78, 5) is 12.3. The fraction of sp³-hybridized carbons (Fsp3) is 0.412. The van der Waals surface area contributed by atoms with Crippen LogP contribution in [0.25, 0.3) is 0 Å². The van der Waals surface area contributed by atoms with Gasteiger partial charge in [0.1, 0.15) is 0 Å². The van der Waals surface area contributed by atoms with E-state index in [2.05, 4.69) is 29.7 Å². The molecule has 0 spiro atoms. The maximum absolute atomic E-state index is 12.3. The van der Waals surface area contributed by atoms with Crippen LogP contribution >= 0.6 is 12.2 Å². The molecular weight excluding hydrogens is 296 g/mol. The number of nitrogens with one attached hydrogen (secondary N) is 2. The summed E-state index contributed by atoms with van der Waals surface area (Å²) in [6.07, 6.45) is 2.17. The monoisotopic (exact) mass is 318 g/mol. The SMILES string of the molecule is CCCc1ccc(C2NC(=S)NC(C)=C2C(=O)OCC)cc1. The zero-order valence-electron chi connectivity index (χ0n) is 13.2. The number of carbonyl (C=O) groups excluding carboxylic acids is 1. The molecule has 1 aliphatic rings. The van der Waals surface area contributed by atoms with Crippen LogP contribution in [0.3, 0.4) is 0 Å². The fourth-order valence-electron chi connectivity index (χ4n) is 2.59. The number of benzene rings is 1. The molecule has 0 saturated carbocycles. The minimum absolute atomic E-state index is 0.275. The number of rotatable bonds is 5. The lowest BCUT2D eigenvalue weighted by atomic mass is 9.94. The summed E-state index contributed by atoms with van der Waals surface area (Å²) < 4.78 is 5.18. The number of carbonyl (C=O) groups is 1. The van der Waals surface area contributed by atoms with Crippen LogP contribution in [0.5, 0.6) is 0 Å². The topological polar surface area (TPSA) is 50.4 Å². The number of aryl methyl sites for hydroxylation is 1. The Hall–Kier alpha value is -1.88. The number of hydrogen-bond acceptors (Lipinski definition) is 3. The highest BCUT2D eigenvalue weighted by Gasteiger charge is 2.30. The third-order valence-corrected chi connectivity index (χ3v) is 3.84. The van der Waals surface area contributed by atoms with Gasteiger partial charge in [0.25, 0.3) is 0 Å². The Kier molecular flexibility index (Phi) is 5.55. The molecule has 0 saturated heterocycles. The summed E-state index contributed by atoms with van der Waals surface area (Å²) in [6, 6.07) is 8.02. The zero-order valence-corrected chi connectivity index (χ0v) is 14.0. The molecule has 1 heterocycles. The lowest BCUT2D eigenvalue weighted by Crippen LogP contribution is -2.45. The van der Waals surface area contributed by atoms with Crippen molar-refractivity contribution in [1.82, 2.24) is 10.6 Å². The standard InChI is InChI=1S/C17H22N2O2S/c1-4-6-12-7-9-13(10-8-12)15-14(16(20)21-5-2)11(3)18-17(22)19-15/h7-10,15H,4-6H2,1-3H3,(H2,18,19,22). The van der Waals surface area contributed by atoms with Crippen LogP contribution in [-0.2, 0) is 16.0 Å². The van der Waals surface area contributed by atoms with Crippen molar-refractivity contribution in [3.8, 4) is 0 Å². The van der Waals surface area contributed by atoms with Gasteiger partial charge in [0.15, 0.2) is 5.11 Å². The van der Waals surface area contributed by atoms with Gasteiger partial charge in [0, 0.05) is 5.70 Å². The molecule has 2 rings (SSSR count). The van der Waals surface area contributed by atoms with E-state index in [9.17, 15) is 4.79 Å². The Morgan fingerprint density at radius 2 is 1.95 bits per heavy atom. The van der Waals surface area contributed by atoms with Gasteiger partial charge in [-0.25, -0.2) is 4.79 Å². The molecule has 0 fully saturated rings. The van der Waals surface area contributed by atoms with Crippen LogP contribution in [0.1, 0.15) is 44.4 Å². The number of hydrogen-bond donors (Lipinski definition) is 2. The first-order chi connectivity index (χ1) is 10.6. The van der Waals surface area contributed by atoms with Crippen LogP contribution in [-0.4, -0.2) is 17.7 Å². The zero-order chi connectivity index (χ0) is 16.1. The minimum atomic E-state index is -0.315. The van der Waals surface area contributed by atoms with Crippen LogP contribution in [0.15, 0.2) is 35.5 Å². The molecule has 1 atom stereocenters. The van der Waals surface area contributed by atoms with E-state index in [0.29, 0.717) is 17.3 Å². The van der Waals surface area contributed by atoms with Crippen molar-refractivity contribution in [1.29, 1.82) is 0 Å². The van der Waals surface area contributed by atoms with Crippen molar-refractivity contribution in [3.05, 3.63) is 46.7 Å². The van der Waals surface area contributed by atoms with Crippen molar-refractivity contribution in [2.45, 2.75) is 39.7 Å². The van der Waals surface area contributed by atoms with E-state index in [4.69, 9.17) is 17.0 Å². The molecule has 1 aliphatic heterocycles. The Morgan fingerprint density at radius 1 is 1.27 bits per heavy atom. The van der Waals surface area contributed by atoms with Crippen LogP contribution < -0.4 is 10.6 Å². The molecule has 1 aromatic rings. The molecule has 0 radical (unpaired) electrons. The number of esters is 1. The minimum Gasteiger partial charge on any atom is -0.463 e. The van der Waals surface area contributed by atoms with Gasteiger partial charge in [-0.15, -0.1) is 0 Å². The highest BCUT2D eigenvalue weighted by Crippen LogP contribution is 2.28. The second kappa shape index (κ2) is 7.40. The molecule has 2 N–H and O–H groups in total. The normalized spacial score (nSPS) is 17.8. The lowest BCUT2D eigenvalue weighted by Gasteiger charge is -2.29. The second-order valence-corrected chi connectivity index (χ2v) is 5.69. The Labute approximate surface area is 136 Å². The van der Waals surface area contributed by atoms with Crippen LogP contribution in [0.2, 0.25) is 0 Å². The lowest BCUT2D eigenvalue weighted by molar-refractivity contribution is -0.139. The van der Waals surface area contributed by atoms with E-state index < -0.39 is 0 Å². The van der Waals surface area contributed by atoms with Crippen molar-refractivity contribution < 1.29 is 9.53 Å². The maximum Gasteiger partial charge on any atom is 0.338 e. The number of ether oxygens (including phenoxy) is 1. The van der Waals surface area contributed by atoms with Gasteiger partial charge in [0.05, 0.1) is 18.2 Å². The van der Waals surface area contributed by atoms with Crippen molar-refractivity contribution in [2.24, 2.45) is 0 Å². The molecule has 0 aromatic heterocycles. The van der Waals surface area contributed by atoms with E-state index in [-0.39, 0.29) is 12.0 Å². The summed E-state index contributed by atoms with van der Waals surface area (Å²) in [5.74, 6) is -0.315. The van der Waals surface area contributed by atoms with Gasteiger partial charge in [0.2, 0.25) is 0 Å². The van der Waals surface area contributed by atoms with Crippen LogP contribution in [0.4, 0.5) is 0 Å². The molecule has 118 valence electrons. The Morgan fingerprint density at radius 3 is 2.55 bits per heavy atom. The molecular formula is C17H22N2O2S. The summed E-state index contributed by atoms with van der Waals surface area (Å²) in [6.45, 7) is 6.16. The van der Waals surface area contributed by atoms with Gasteiger partial charge < -0.3 is 15.4 Å². The van der Waals surface area contributed by atoms with Gasteiger partial charge in [-0.1, -0.05) is 37.6 Å². The second-order valence-electron chi connectivity index (χ2n) is 5.28. The average Bonchev–Trinajstić information content (AvgIpc) is 2.47. The van der Waals surface area contributed by atoms with E-state index in [1.807, 2.05) is 19.1 Å². The highest BCUT2D eigenvalue weighted by atomic mass is 32.1. The van der Waals surface area contributed by atoms with Gasteiger partial charge in [-0.2, -0.15) is 0 Å². The summed E-state index contributed by atoms with van der Waals surface area (Å²) in [5.41, 5.74) is 3.62. The van der Waals surface area contributed by atoms with E-state index in [1.165, 1.54) is 5.56 Å². The first kappa shape index (κ1) is 16.5. The predicted octanol–water partition coefficient (Wildman–Crippen LogP) is 3.00. The Balaban J connectivity index is 2.34. The third kappa shape index (κ3) is 3.65. The quantitative estimate of drug-likeness (QED) is 0.646. The Bertz CT molecular complexity index is 593. The van der Waals surface area contributed by atoms with Crippen molar-refractivity contribution >= 4 is 23.3 Å². The van der Waals surface area contributed by atoms with E-state index in [0.717, 1.165) is 24.1 Å². The van der Waals surface area contributed by atoms with E-state index in [1.54, 1.807) is 6.92 Å². The number of allylic oxidation sites excluding steroid dienone is 1. The fourth-order valence-corrected chi connectivity index (χ4v) is 2.86. The molecule has 4 nitrogen and oxygen atoms in total. The maximum atomic E-state index is 12.3. The molecule has 1 unspecified atom stereocenters. The smallest absolute Gasteiger partial charge is 0.338 e. The van der Waals surface area contributed by atoms with Gasteiger partial charge >= 0.3 is 5.97 Å². The molecule has 0 bridgehead atoms. The molecule has 0 amide bonds. The molecule has 22 heavy (non-hydrogen) atoms. The third-order valence-electron chi connectivity index (χ3n) is 3.62. The molecule has 5 heteroatoms.